The summed E-state index contributed by atoms with van der Waals surface area (Å²) in [5.41, 5.74) is 2.01. The summed E-state index contributed by atoms with van der Waals surface area (Å²) in [4.78, 5) is 29.0. The van der Waals surface area contributed by atoms with Gasteiger partial charge in [-0.1, -0.05) is 84.9 Å². The smallest absolute Gasteiger partial charge is 0.264 e. The number of carbonyl (C=O) groups excluding carboxylic acids is 2. The van der Waals surface area contributed by atoms with E-state index in [0.29, 0.717) is 0 Å². The van der Waals surface area contributed by atoms with Crippen LogP contribution in [0.4, 0.5) is 5.69 Å². The molecule has 0 aliphatic heterocycles. The van der Waals surface area contributed by atoms with Crippen LogP contribution >= 0.6 is 23.2 Å². The van der Waals surface area contributed by atoms with Crippen molar-refractivity contribution in [1.82, 2.24) is 10.2 Å². The van der Waals surface area contributed by atoms with Gasteiger partial charge >= 0.3 is 0 Å². The lowest BCUT2D eigenvalue weighted by Gasteiger charge is -2.33. The van der Waals surface area contributed by atoms with Crippen molar-refractivity contribution in [1.29, 1.82) is 0 Å². The highest BCUT2D eigenvalue weighted by Gasteiger charge is 2.33. The Morgan fingerprint density at radius 1 is 0.927 bits per heavy atom. The number of rotatable bonds is 10. The molecule has 2 amide bonds. The van der Waals surface area contributed by atoms with E-state index in [-0.39, 0.29) is 39.1 Å². The van der Waals surface area contributed by atoms with Crippen molar-refractivity contribution in [3.05, 3.63) is 94.0 Å². The van der Waals surface area contributed by atoms with Crippen molar-refractivity contribution in [2.24, 2.45) is 0 Å². The number of carbonyl (C=O) groups is 2. The Hall–Kier alpha value is -3.07. The van der Waals surface area contributed by atoms with E-state index in [0.717, 1.165) is 47.5 Å². The molecule has 3 aromatic carbocycles. The van der Waals surface area contributed by atoms with E-state index in [1.54, 1.807) is 25.1 Å². The second-order valence-corrected chi connectivity index (χ2v) is 13.1. The van der Waals surface area contributed by atoms with Gasteiger partial charge in [0, 0.05) is 12.6 Å². The minimum absolute atomic E-state index is 0.0208. The summed E-state index contributed by atoms with van der Waals surface area (Å²) in [6.07, 6.45) is 5.08. The molecule has 7 nitrogen and oxygen atoms in total. The summed E-state index contributed by atoms with van der Waals surface area (Å²) in [6.45, 7) is 3.23. The molecule has 0 bridgehead atoms. The van der Waals surface area contributed by atoms with Gasteiger partial charge in [-0.25, -0.2) is 8.42 Å². The molecular formula is C31H35Cl2N3O4S. The molecule has 0 spiro atoms. The van der Waals surface area contributed by atoms with Crippen LogP contribution in [0.2, 0.25) is 10.0 Å². The van der Waals surface area contributed by atoms with E-state index in [4.69, 9.17) is 23.2 Å². The standard InChI is InChI=1S/C31H35Cl2N3O4S/c1-22-11-9-10-12-24(22)20-35(23(2)31(38)34-25-13-5-3-6-14-25)30(37)21-36(26-17-18-28(32)29(33)19-26)41(39,40)27-15-7-4-8-16-27/h4,7-12,15-19,23,25H,3,5-6,13-14,20-21H2,1-2H3,(H,34,38)/t23-/m0/s1. The van der Waals surface area contributed by atoms with Crippen molar-refractivity contribution >= 4 is 50.7 Å². The van der Waals surface area contributed by atoms with Crippen LogP contribution in [0.25, 0.3) is 0 Å². The van der Waals surface area contributed by atoms with E-state index in [2.05, 4.69) is 5.32 Å². The maximum Gasteiger partial charge on any atom is 0.264 e. The van der Waals surface area contributed by atoms with Gasteiger partial charge in [0.1, 0.15) is 12.6 Å². The summed E-state index contributed by atoms with van der Waals surface area (Å²) in [7, 11) is -4.18. The van der Waals surface area contributed by atoms with Gasteiger partial charge in [0.2, 0.25) is 11.8 Å². The van der Waals surface area contributed by atoms with Crippen molar-refractivity contribution in [2.45, 2.75) is 69.5 Å². The van der Waals surface area contributed by atoms with E-state index in [1.165, 1.54) is 35.2 Å². The summed E-state index contributed by atoms with van der Waals surface area (Å²) in [6, 6.07) is 19.1. The zero-order valence-corrected chi connectivity index (χ0v) is 25.6. The Kier molecular flexibility index (Phi) is 10.3. The van der Waals surface area contributed by atoms with E-state index >= 15 is 0 Å². The number of hydrogen-bond donors (Lipinski definition) is 1. The lowest BCUT2D eigenvalue weighted by Crippen LogP contribution is -2.53. The molecule has 3 aromatic rings. The van der Waals surface area contributed by atoms with Crippen LogP contribution in [-0.4, -0.2) is 43.8 Å². The minimum atomic E-state index is -4.18. The topological polar surface area (TPSA) is 86.8 Å². The molecule has 0 radical (unpaired) electrons. The van der Waals surface area contributed by atoms with Gasteiger partial charge in [-0.15, -0.1) is 0 Å². The minimum Gasteiger partial charge on any atom is -0.352 e. The Labute approximate surface area is 252 Å². The van der Waals surface area contributed by atoms with Crippen LogP contribution in [0.15, 0.2) is 77.7 Å². The van der Waals surface area contributed by atoms with Gasteiger partial charge in [-0.2, -0.15) is 0 Å². The maximum atomic E-state index is 14.1. The number of benzene rings is 3. The van der Waals surface area contributed by atoms with Gasteiger partial charge in [-0.05, 0) is 68.1 Å². The largest absolute Gasteiger partial charge is 0.352 e. The molecule has 41 heavy (non-hydrogen) atoms. The summed E-state index contributed by atoms with van der Waals surface area (Å²) < 4.78 is 28.7. The molecule has 1 aliphatic carbocycles. The molecule has 10 heteroatoms. The normalized spacial score (nSPS) is 14.7. The third kappa shape index (κ3) is 7.61. The van der Waals surface area contributed by atoms with Gasteiger partial charge in [-0.3, -0.25) is 13.9 Å². The number of aryl methyl sites for hydroxylation is 1. The third-order valence-electron chi connectivity index (χ3n) is 7.52. The van der Waals surface area contributed by atoms with Gasteiger partial charge in [0.15, 0.2) is 0 Å². The number of amides is 2. The first-order chi connectivity index (χ1) is 19.6. The molecule has 218 valence electrons. The molecule has 1 aliphatic rings. The van der Waals surface area contributed by atoms with E-state index < -0.39 is 28.5 Å². The highest BCUT2D eigenvalue weighted by molar-refractivity contribution is 7.92. The highest BCUT2D eigenvalue weighted by atomic mass is 35.5. The van der Waals surface area contributed by atoms with Gasteiger partial charge < -0.3 is 10.2 Å². The summed E-state index contributed by atoms with van der Waals surface area (Å²) in [5.74, 6) is -0.782. The van der Waals surface area contributed by atoms with Crippen LogP contribution in [0.5, 0.6) is 0 Å². The molecule has 1 atom stereocenters. The zero-order valence-electron chi connectivity index (χ0n) is 23.2. The maximum absolute atomic E-state index is 14.1. The van der Waals surface area contributed by atoms with Crippen molar-refractivity contribution in [3.63, 3.8) is 0 Å². The number of anilines is 1. The van der Waals surface area contributed by atoms with E-state index in [1.807, 2.05) is 31.2 Å². The summed E-state index contributed by atoms with van der Waals surface area (Å²) >= 11 is 12.4. The fourth-order valence-corrected chi connectivity index (χ4v) is 6.73. The molecular weight excluding hydrogens is 581 g/mol. The Balaban J connectivity index is 1.69. The third-order valence-corrected chi connectivity index (χ3v) is 10.0. The molecule has 1 saturated carbocycles. The van der Waals surface area contributed by atoms with Crippen LogP contribution < -0.4 is 9.62 Å². The SMILES string of the molecule is Cc1ccccc1CN(C(=O)CN(c1ccc(Cl)c(Cl)c1)S(=O)(=O)c1ccccc1)[C@@H](C)C(=O)NC1CCCCC1. The van der Waals surface area contributed by atoms with Gasteiger partial charge in [0.25, 0.3) is 10.0 Å². The van der Waals surface area contributed by atoms with E-state index in [9.17, 15) is 18.0 Å². The Morgan fingerprint density at radius 2 is 1.59 bits per heavy atom. The van der Waals surface area contributed by atoms with Gasteiger partial charge in [0.05, 0.1) is 20.6 Å². The number of nitrogens with zero attached hydrogens (tertiary/aromatic N) is 2. The Morgan fingerprint density at radius 3 is 2.24 bits per heavy atom. The molecule has 1 fully saturated rings. The van der Waals surface area contributed by atoms with Crippen LogP contribution in [0, 0.1) is 6.92 Å². The predicted molar refractivity (Wildman–Crippen MR) is 164 cm³/mol. The van der Waals surface area contributed by atoms with Crippen molar-refractivity contribution < 1.29 is 18.0 Å². The Bertz CT molecular complexity index is 1480. The average Bonchev–Trinajstić information content (AvgIpc) is 2.97. The second kappa shape index (κ2) is 13.7. The fraction of sp³-hybridized carbons (Fsp3) is 0.355. The number of nitrogens with one attached hydrogen (secondary N) is 1. The molecule has 0 aromatic heterocycles. The molecule has 1 N–H and O–H groups in total. The molecule has 0 unspecified atom stereocenters. The van der Waals surface area contributed by atoms with Crippen molar-refractivity contribution in [2.75, 3.05) is 10.8 Å². The number of hydrogen-bond acceptors (Lipinski definition) is 4. The quantitative estimate of drug-likeness (QED) is 0.287. The average molecular weight is 617 g/mol. The lowest BCUT2D eigenvalue weighted by atomic mass is 9.95. The van der Waals surface area contributed by atoms with Crippen LogP contribution in [-0.2, 0) is 26.2 Å². The first-order valence-corrected chi connectivity index (χ1v) is 15.9. The number of sulfonamides is 1. The van der Waals surface area contributed by atoms with Crippen LogP contribution in [0.3, 0.4) is 0 Å². The zero-order chi connectivity index (χ0) is 29.6. The fourth-order valence-electron chi connectivity index (χ4n) is 5.01. The molecule has 0 saturated heterocycles. The monoisotopic (exact) mass is 615 g/mol. The van der Waals surface area contributed by atoms with Crippen LogP contribution in [0.1, 0.15) is 50.2 Å². The highest BCUT2D eigenvalue weighted by Crippen LogP contribution is 2.31. The second-order valence-electron chi connectivity index (χ2n) is 10.4. The van der Waals surface area contributed by atoms with Crippen molar-refractivity contribution in [3.8, 4) is 0 Å². The lowest BCUT2D eigenvalue weighted by molar-refractivity contribution is -0.139. The number of halogens is 2. The molecule has 0 heterocycles. The first kappa shape index (κ1) is 30.9. The summed E-state index contributed by atoms with van der Waals surface area (Å²) in [5, 5.41) is 3.52. The first-order valence-electron chi connectivity index (χ1n) is 13.7. The molecule has 4 rings (SSSR count). The predicted octanol–water partition coefficient (Wildman–Crippen LogP) is 6.36.